The van der Waals surface area contributed by atoms with Crippen LogP contribution in [0.25, 0.3) is 10.8 Å². The Kier molecular flexibility index (Phi) is 3.50. The van der Waals surface area contributed by atoms with Crippen molar-refractivity contribution in [2.45, 2.75) is 13.3 Å². The van der Waals surface area contributed by atoms with Crippen molar-refractivity contribution in [3.63, 3.8) is 0 Å². The van der Waals surface area contributed by atoms with Crippen LogP contribution < -0.4 is 5.43 Å². The summed E-state index contributed by atoms with van der Waals surface area (Å²) in [6, 6.07) is 13.5. The number of hydrogen-bond acceptors (Lipinski definition) is 2. The normalized spacial score (nSPS) is 10.9. The van der Waals surface area contributed by atoms with E-state index in [1.165, 1.54) is 0 Å². The van der Waals surface area contributed by atoms with Gasteiger partial charge in [-0.25, -0.2) is 5.43 Å². The zero-order chi connectivity index (χ0) is 12.1. The van der Waals surface area contributed by atoms with Crippen molar-refractivity contribution in [3.8, 4) is 0 Å². The van der Waals surface area contributed by atoms with Crippen molar-refractivity contribution >= 4 is 22.9 Å². The minimum Gasteiger partial charge on any atom is -0.267 e. The Morgan fingerprint density at radius 2 is 2.00 bits per heavy atom. The number of nitrogens with one attached hydrogen (secondary N) is 1. The van der Waals surface area contributed by atoms with Gasteiger partial charge < -0.3 is 0 Å². The summed E-state index contributed by atoms with van der Waals surface area (Å²) in [4.78, 5) is 11.9. The maximum atomic E-state index is 11.9. The third kappa shape index (κ3) is 2.50. The number of amides is 1. The van der Waals surface area contributed by atoms with Gasteiger partial charge in [0.05, 0.1) is 0 Å². The number of benzene rings is 2. The van der Waals surface area contributed by atoms with Crippen molar-refractivity contribution in [2.24, 2.45) is 5.10 Å². The molecule has 0 bridgehead atoms. The Balaban J connectivity index is 2.35. The highest BCUT2D eigenvalue weighted by Gasteiger charge is 2.07. The van der Waals surface area contributed by atoms with E-state index in [0.29, 0.717) is 5.56 Å². The number of fused-ring (bicyclic) bond motifs is 1. The van der Waals surface area contributed by atoms with Crippen LogP contribution in [0.4, 0.5) is 0 Å². The maximum Gasteiger partial charge on any atom is 0.271 e. The quantitative estimate of drug-likeness (QED) is 0.634. The zero-order valence-corrected chi connectivity index (χ0v) is 9.68. The first-order chi connectivity index (χ1) is 8.33. The fourth-order valence-electron chi connectivity index (χ4n) is 1.68. The molecule has 3 nitrogen and oxygen atoms in total. The number of rotatable bonds is 3. The summed E-state index contributed by atoms with van der Waals surface area (Å²) in [5.41, 5.74) is 3.17. The summed E-state index contributed by atoms with van der Waals surface area (Å²) in [6.45, 7) is 1.97. The van der Waals surface area contributed by atoms with Gasteiger partial charge in [0.2, 0.25) is 0 Å². The molecule has 2 aromatic rings. The fourth-order valence-corrected chi connectivity index (χ4v) is 1.68. The summed E-state index contributed by atoms with van der Waals surface area (Å²) >= 11 is 0. The molecule has 0 atom stereocenters. The van der Waals surface area contributed by atoms with Gasteiger partial charge >= 0.3 is 0 Å². The molecule has 0 aliphatic carbocycles. The van der Waals surface area contributed by atoms with Crippen molar-refractivity contribution in [2.75, 3.05) is 0 Å². The topological polar surface area (TPSA) is 41.5 Å². The Hall–Kier alpha value is -2.16. The van der Waals surface area contributed by atoms with E-state index in [-0.39, 0.29) is 5.91 Å². The number of hydrogen-bond donors (Lipinski definition) is 1. The van der Waals surface area contributed by atoms with Crippen molar-refractivity contribution < 1.29 is 4.79 Å². The number of hydrazone groups is 1. The SMILES string of the molecule is CCC=NNC(=O)c1cccc2ccccc12. The van der Waals surface area contributed by atoms with E-state index in [1.807, 2.05) is 43.3 Å². The molecule has 0 aliphatic rings. The van der Waals surface area contributed by atoms with Crippen LogP contribution in [-0.2, 0) is 0 Å². The molecule has 0 radical (unpaired) electrons. The van der Waals surface area contributed by atoms with Crippen LogP contribution in [0.2, 0.25) is 0 Å². The van der Waals surface area contributed by atoms with Crippen molar-refractivity contribution in [3.05, 3.63) is 48.0 Å². The lowest BCUT2D eigenvalue weighted by Crippen LogP contribution is -2.17. The molecule has 0 aromatic heterocycles. The van der Waals surface area contributed by atoms with Crippen molar-refractivity contribution in [1.82, 2.24) is 5.43 Å². The highest BCUT2D eigenvalue weighted by atomic mass is 16.2. The van der Waals surface area contributed by atoms with Gasteiger partial charge in [-0.3, -0.25) is 4.79 Å². The molecule has 0 spiro atoms. The van der Waals surface area contributed by atoms with E-state index < -0.39 is 0 Å². The highest BCUT2D eigenvalue weighted by molar-refractivity contribution is 6.07. The fraction of sp³-hybridized carbons (Fsp3) is 0.143. The van der Waals surface area contributed by atoms with Gasteiger partial charge in [0.1, 0.15) is 0 Å². The predicted octanol–water partition coefficient (Wildman–Crippen LogP) is 2.97. The highest BCUT2D eigenvalue weighted by Crippen LogP contribution is 2.18. The molecular weight excluding hydrogens is 212 g/mol. The molecule has 3 heteroatoms. The molecule has 17 heavy (non-hydrogen) atoms. The lowest BCUT2D eigenvalue weighted by molar-refractivity contribution is 0.0956. The van der Waals surface area contributed by atoms with E-state index in [2.05, 4.69) is 10.5 Å². The van der Waals surface area contributed by atoms with Crippen LogP contribution in [0.1, 0.15) is 23.7 Å². The van der Waals surface area contributed by atoms with Crippen LogP contribution in [0.3, 0.4) is 0 Å². The van der Waals surface area contributed by atoms with E-state index in [1.54, 1.807) is 12.3 Å². The van der Waals surface area contributed by atoms with Crippen molar-refractivity contribution in [1.29, 1.82) is 0 Å². The third-order valence-electron chi connectivity index (χ3n) is 2.47. The number of nitrogens with zero attached hydrogens (tertiary/aromatic N) is 1. The van der Waals surface area contributed by atoms with Crippen LogP contribution in [0.5, 0.6) is 0 Å². The molecule has 2 rings (SSSR count). The molecule has 0 saturated carbocycles. The molecule has 0 fully saturated rings. The standard InChI is InChI=1S/C14H14N2O/c1-2-10-15-16-14(17)13-9-5-7-11-6-3-4-8-12(11)13/h3-10H,2H2,1H3,(H,16,17). The lowest BCUT2D eigenvalue weighted by Gasteiger charge is -2.04. The largest absolute Gasteiger partial charge is 0.271 e. The third-order valence-corrected chi connectivity index (χ3v) is 2.47. The lowest BCUT2D eigenvalue weighted by atomic mass is 10.0. The summed E-state index contributed by atoms with van der Waals surface area (Å²) in [5.74, 6) is -0.175. The summed E-state index contributed by atoms with van der Waals surface area (Å²) in [6.07, 6.45) is 2.47. The monoisotopic (exact) mass is 226 g/mol. The maximum absolute atomic E-state index is 11.9. The second-order valence-electron chi connectivity index (χ2n) is 3.69. The Labute approximate surface area is 100 Å². The molecule has 0 unspecified atom stereocenters. The Morgan fingerprint density at radius 3 is 2.82 bits per heavy atom. The Bertz CT molecular complexity index is 556. The van der Waals surface area contributed by atoms with Gasteiger partial charge in [-0.05, 0) is 23.3 Å². The Morgan fingerprint density at radius 1 is 1.24 bits per heavy atom. The van der Waals surface area contributed by atoms with Gasteiger partial charge in [0, 0.05) is 11.8 Å². The molecule has 0 heterocycles. The minimum absolute atomic E-state index is 0.175. The van der Waals surface area contributed by atoms with E-state index in [4.69, 9.17) is 0 Å². The second kappa shape index (κ2) is 5.25. The van der Waals surface area contributed by atoms with Gasteiger partial charge in [0.25, 0.3) is 5.91 Å². The molecule has 0 aliphatic heterocycles. The summed E-state index contributed by atoms with van der Waals surface area (Å²) < 4.78 is 0. The predicted molar refractivity (Wildman–Crippen MR) is 70.2 cm³/mol. The summed E-state index contributed by atoms with van der Waals surface area (Å²) in [7, 11) is 0. The molecule has 86 valence electrons. The molecule has 1 amide bonds. The molecular formula is C14H14N2O. The van der Waals surface area contributed by atoms with Gasteiger partial charge in [0.15, 0.2) is 0 Å². The minimum atomic E-state index is -0.175. The van der Waals surface area contributed by atoms with E-state index in [9.17, 15) is 4.79 Å². The van der Waals surface area contributed by atoms with Crippen LogP contribution in [0, 0.1) is 0 Å². The van der Waals surface area contributed by atoms with Crippen LogP contribution >= 0.6 is 0 Å². The van der Waals surface area contributed by atoms with Gasteiger partial charge in [-0.2, -0.15) is 5.10 Å². The van der Waals surface area contributed by atoms with E-state index in [0.717, 1.165) is 17.2 Å². The first-order valence-electron chi connectivity index (χ1n) is 5.62. The average molecular weight is 226 g/mol. The average Bonchev–Trinajstić information content (AvgIpc) is 2.38. The summed E-state index contributed by atoms with van der Waals surface area (Å²) in [5, 5.41) is 5.85. The number of carbonyl (C=O) groups is 1. The molecule has 2 aromatic carbocycles. The molecule has 0 saturated heterocycles. The second-order valence-corrected chi connectivity index (χ2v) is 3.69. The first-order valence-corrected chi connectivity index (χ1v) is 5.62. The molecule has 1 N–H and O–H groups in total. The first kappa shape index (κ1) is 11.3. The number of carbonyl (C=O) groups excluding carboxylic acids is 1. The van der Waals surface area contributed by atoms with Crippen LogP contribution in [0.15, 0.2) is 47.6 Å². The smallest absolute Gasteiger partial charge is 0.267 e. The van der Waals surface area contributed by atoms with Crippen LogP contribution in [-0.4, -0.2) is 12.1 Å². The van der Waals surface area contributed by atoms with E-state index >= 15 is 0 Å². The zero-order valence-electron chi connectivity index (χ0n) is 9.68. The van der Waals surface area contributed by atoms with Gasteiger partial charge in [-0.15, -0.1) is 0 Å². The van der Waals surface area contributed by atoms with Gasteiger partial charge in [-0.1, -0.05) is 43.3 Å².